The molecule has 58 valence electrons. The zero-order valence-corrected chi connectivity index (χ0v) is 6.91. The van der Waals surface area contributed by atoms with Crippen LogP contribution in [0.4, 0.5) is 0 Å². The van der Waals surface area contributed by atoms with Gasteiger partial charge in [-0.2, -0.15) is 0 Å². The highest BCUT2D eigenvalue weighted by atomic mass is 35.5. The van der Waals surface area contributed by atoms with Crippen LogP contribution in [0.25, 0.3) is 0 Å². The summed E-state index contributed by atoms with van der Waals surface area (Å²) in [6.45, 7) is 0. The van der Waals surface area contributed by atoms with Crippen molar-refractivity contribution < 1.29 is 9.59 Å². The maximum absolute atomic E-state index is 10.5. The average Bonchev–Trinajstić information content (AvgIpc) is 1.99. The summed E-state index contributed by atoms with van der Waals surface area (Å²) in [5.41, 5.74) is 0. The molecule has 0 aromatic carbocycles. The molecule has 0 fully saturated rings. The molecule has 0 aliphatic rings. The van der Waals surface area contributed by atoms with Gasteiger partial charge < -0.3 is 0 Å². The second-order valence-electron chi connectivity index (χ2n) is 1.84. The minimum atomic E-state index is -0.111. The van der Waals surface area contributed by atoms with Crippen molar-refractivity contribution in [2.45, 2.75) is 12.8 Å². The minimum absolute atomic E-state index is 0.0183. The molecule has 0 atom stereocenters. The molecule has 0 bridgehead atoms. The van der Waals surface area contributed by atoms with Crippen molar-refractivity contribution in [1.29, 1.82) is 0 Å². The quantitative estimate of drug-likeness (QED) is 0.603. The van der Waals surface area contributed by atoms with Crippen molar-refractivity contribution in [3.63, 3.8) is 0 Å². The Bertz CT molecular complexity index is 118. The van der Waals surface area contributed by atoms with E-state index in [1.54, 1.807) is 0 Å². The Morgan fingerprint density at radius 1 is 0.900 bits per heavy atom. The lowest BCUT2D eigenvalue weighted by atomic mass is 10.2. The number of alkyl halides is 2. The summed E-state index contributed by atoms with van der Waals surface area (Å²) in [6.07, 6.45) is 0.435. The molecule has 0 aromatic rings. The number of carbonyl (C=O) groups excluding carboxylic acids is 2. The molecule has 0 amide bonds. The maximum atomic E-state index is 10.5. The first kappa shape index (κ1) is 9.92. The van der Waals surface area contributed by atoms with Gasteiger partial charge in [-0.25, -0.2) is 0 Å². The molecule has 0 saturated carbocycles. The van der Waals surface area contributed by atoms with E-state index >= 15 is 0 Å². The van der Waals surface area contributed by atoms with E-state index in [-0.39, 0.29) is 36.2 Å². The van der Waals surface area contributed by atoms with Crippen LogP contribution in [0.5, 0.6) is 0 Å². The molecule has 4 heteroatoms. The highest BCUT2D eigenvalue weighted by Crippen LogP contribution is 1.95. The Morgan fingerprint density at radius 2 is 1.20 bits per heavy atom. The number of carbonyl (C=O) groups is 2. The number of hydrogen-bond donors (Lipinski definition) is 0. The molecule has 0 N–H and O–H groups in total. The fourth-order valence-corrected chi connectivity index (χ4v) is 0.680. The normalized spacial score (nSPS) is 9.40. The third-order valence-corrected chi connectivity index (χ3v) is 1.58. The van der Waals surface area contributed by atoms with Gasteiger partial charge in [0, 0.05) is 12.8 Å². The van der Waals surface area contributed by atoms with E-state index in [0.717, 1.165) is 0 Å². The van der Waals surface area contributed by atoms with Crippen molar-refractivity contribution in [2.24, 2.45) is 0 Å². The molecule has 0 aromatic heterocycles. The van der Waals surface area contributed by atoms with Gasteiger partial charge in [0.25, 0.3) is 0 Å². The largest absolute Gasteiger partial charge is 0.298 e. The summed E-state index contributed by atoms with van der Waals surface area (Å²) in [6, 6.07) is 0. The molecule has 0 saturated heterocycles. The Labute approximate surface area is 69.5 Å². The van der Waals surface area contributed by atoms with Gasteiger partial charge in [-0.1, -0.05) is 0 Å². The number of Topliss-reactive ketones (excluding diaryl/α,β-unsaturated/α-hetero) is 2. The van der Waals surface area contributed by atoms with Crippen LogP contribution in [0.15, 0.2) is 0 Å². The Morgan fingerprint density at radius 3 is 1.40 bits per heavy atom. The summed E-state index contributed by atoms with van der Waals surface area (Å²) < 4.78 is 0. The summed E-state index contributed by atoms with van der Waals surface area (Å²) in [7, 11) is 0. The van der Waals surface area contributed by atoms with Gasteiger partial charge in [0.2, 0.25) is 0 Å². The molecule has 0 rings (SSSR count). The Kier molecular flexibility index (Phi) is 5.64. The van der Waals surface area contributed by atoms with Gasteiger partial charge in [-0.05, 0) is 0 Å². The van der Waals surface area contributed by atoms with Gasteiger partial charge in [-0.3, -0.25) is 9.59 Å². The van der Waals surface area contributed by atoms with Crippen molar-refractivity contribution >= 4 is 34.8 Å². The predicted octanol–water partition coefficient (Wildman–Crippen LogP) is 1.38. The third kappa shape index (κ3) is 4.77. The molecular formula is C6H8Cl2O2. The lowest BCUT2D eigenvalue weighted by Gasteiger charge is -1.92. The summed E-state index contributed by atoms with van der Waals surface area (Å²) >= 11 is 10.4. The zero-order chi connectivity index (χ0) is 7.98. The van der Waals surface area contributed by atoms with E-state index in [0.29, 0.717) is 0 Å². The fraction of sp³-hybridized carbons (Fsp3) is 0.667. The van der Waals surface area contributed by atoms with Crippen LogP contribution < -0.4 is 0 Å². The van der Waals surface area contributed by atoms with Crippen LogP contribution >= 0.6 is 23.2 Å². The van der Waals surface area contributed by atoms with Crippen LogP contribution in [0.3, 0.4) is 0 Å². The second kappa shape index (κ2) is 5.69. The smallest absolute Gasteiger partial charge is 0.148 e. The van der Waals surface area contributed by atoms with E-state index in [1.165, 1.54) is 0 Å². The highest BCUT2D eigenvalue weighted by Gasteiger charge is 2.03. The van der Waals surface area contributed by atoms with Gasteiger partial charge in [-0.15, -0.1) is 23.2 Å². The average molecular weight is 183 g/mol. The fourth-order valence-electron chi connectivity index (χ4n) is 0.412. The molecule has 0 aliphatic heterocycles. The SMILES string of the molecule is O=C(CCl)CCC(=O)CCl. The van der Waals surface area contributed by atoms with E-state index in [2.05, 4.69) is 0 Å². The summed E-state index contributed by atoms with van der Waals surface area (Å²) in [5.74, 6) is -0.259. The lowest BCUT2D eigenvalue weighted by Crippen LogP contribution is -2.05. The molecule has 0 aliphatic carbocycles. The molecule has 0 unspecified atom stereocenters. The topological polar surface area (TPSA) is 34.1 Å². The van der Waals surface area contributed by atoms with Gasteiger partial charge in [0.15, 0.2) is 0 Å². The summed E-state index contributed by atoms with van der Waals surface area (Å²) in [4.78, 5) is 21.0. The van der Waals surface area contributed by atoms with E-state index < -0.39 is 0 Å². The molecule has 10 heavy (non-hydrogen) atoms. The van der Waals surface area contributed by atoms with Crippen molar-refractivity contribution in [3.05, 3.63) is 0 Å². The van der Waals surface area contributed by atoms with E-state index in [4.69, 9.17) is 23.2 Å². The lowest BCUT2D eigenvalue weighted by molar-refractivity contribution is -0.121. The van der Waals surface area contributed by atoms with Crippen LogP contribution in [0.1, 0.15) is 12.8 Å². The molecule has 2 nitrogen and oxygen atoms in total. The molecule has 0 spiro atoms. The van der Waals surface area contributed by atoms with Crippen LogP contribution in [0.2, 0.25) is 0 Å². The zero-order valence-electron chi connectivity index (χ0n) is 5.40. The van der Waals surface area contributed by atoms with Crippen LogP contribution in [-0.2, 0) is 9.59 Å². The molecular weight excluding hydrogens is 175 g/mol. The van der Waals surface area contributed by atoms with Crippen LogP contribution in [-0.4, -0.2) is 23.3 Å². The van der Waals surface area contributed by atoms with Crippen LogP contribution in [0, 0.1) is 0 Å². The number of hydrogen-bond acceptors (Lipinski definition) is 2. The van der Waals surface area contributed by atoms with Crippen molar-refractivity contribution in [1.82, 2.24) is 0 Å². The van der Waals surface area contributed by atoms with Gasteiger partial charge >= 0.3 is 0 Å². The number of halogens is 2. The summed E-state index contributed by atoms with van der Waals surface area (Å²) in [5, 5.41) is 0. The van der Waals surface area contributed by atoms with E-state index in [1.807, 2.05) is 0 Å². The number of rotatable bonds is 5. The maximum Gasteiger partial charge on any atom is 0.148 e. The molecule has 0 radical (unpaired) electrons. The van der Waals surface area contributed by atoms with Crippen molar-refractivity contribution in [3.8, 4) is 0 Å². The van der Waals surface area contributed by atoms with Gasteiger partial charge in [0.05, 0.1) is 11.8 Å². The third-order valence-electron chi connectivity index (χ3n) is 0.981. The molecule has 0 heterocycles. The highest BCUT2D eigenvalue weighted by molar-refractivity contribution is 6.29. The standard InChI is InChI=1S/C6H8Cl2O2/c7-3-5(9)1-2-6(10)4-8/h1-4H2. The predicted molar refractivity (Wildman–Crippen MR) is 40.7 cm³/mol. The van der Waals surface area contributed by atoms with E-state index in [9.17, 15) is 9.59 Å². The first-order valence-electron chi connectivity index (χ1n) is 2.86. The Hall–Kier alpha value is -0.0800. The van der Waals surface area contributed by atoms with Crippen molar-refractivity contribution in [2.75, 3.05) is 11.8 Å². The monoisotopic (exact) mass is 182 g/mol. The first-order chi connectivity index (χ1) is 4.70. The second-order valence-corrected chi connectivity index (χ2v) is 2.38. The Balaban J connectivity index is 3.35. The minimum Gasteiger partial charge on any atom is -0.298 e. The number of ketones is 2. The van der Waals surface area contributed by atoms with Gasteiger partial charge in [0.1, 0.15) is 11.6 Å². The first-order valence-corrected chi connectivity index (χ1v) is 3.93.